The fourth-order valence-corrected chi connectivity index (χ4v) is 6.95. The highest BCUT2D eigenvalue weighted by atomic mass is 32.2. The largest absolute Gasteiger partial charge is 0.524 e. The van der Waals surface area contributed by atoms with E-state index in [0.29, 0.717) is 24.3 Å². The first-order chi connectivity index (χ1) is 17.9. The van der Waals surface area contributed by atoms with Crippen molar-refractivity contribution in [1.29, 1.82) is 0 Å². The van der Waals surface area contributed by atoms with Crippen LogP contribution in [0.25, 0.3) is 0 Å². The molecule has 1 fully saturated rings. The number of benzene rings is 3. The van der Waals surface area contributed by atoms with Gasteiger partial charge < -0.3 is 4.74 Å². The highest BCUT2D eigenvalue weighted by Gasteiger charge is 2.58. The molecule has 192 valence electrons. The van der Waals surface area contributed by atoms with Gasteiger partial charge in [-0.1, -0.05) is 90.6 Å². The summed E-state index contributed by atoms with van der Waals surface area (Å²) >= 11 is 2.82. The molecule has 0 saturated carbocycles. The molecule has 5 nitrogen and oxygen atoms in total. The summed E-state index contributed by atoms with van der Waals surface area (Å²) in [5.41, 5.74) is 1.48. The normalized spacial score (nSPS) is 21.8. The zero-order valence-corrected chi connectivity index (χ0v) is 22.8. The number of rotatable bonds is 8. The minimum atomic E-state index is -0.510. The molecule has 0 spiro atoms. The topological polar surface area (TPSA) is 60.4 Å². The number of carbonyl (C=O) groups is 3. The minimum absolute atomic E-state index is 0.0783. The van der Waals surface area contributed by atoms with Gasteiger partial charge in [-0.25, -0.2) is 4.79 Å². The molecule has 1 heterocycles. The maximum atomic E-state index is 14.0. The Bertz CT molecular complexity index is 1210. The summed E-state index contributed by atoms with van der Waals surface area (Å²) in [5.74, 6) is -0.373. The van der Waals surface area contributed by atoms with Gasteiger partial charge in [0.1, 0.15) is 19.2 Å². The van der Waals surface area contributed by atoms with Crippen LogP contribution < -0.4 is 0 Å². The Morgan fingerprint density at radius 2 is 1.51 bits per heavy atom. The van der Waals surface area contributed by atoms with Crippen LogP contribution in [0.15, 0.2) is 95.9 Å². The second-order valence-electron chi connectivity index (χ2n) is 9.43. The highest BCUT2D eigenvalue weighted by molar-refractivity contribution is 8.14. The predicted octanol–water partition coefficient (Wildman–Crippen LogP) is 6.83. The van der Waals surface area contributed by atoms with E-state index >= 15 is 0 Å². The Morgan fingerprint density at radius 3 is 2.16 bits per heavy atom. The van der Waals surface area contributed by atoms with E-state index in [9.17, 15) is 14.4 Å². The van der Waals surface area contributed by atoms with Crippen molar-refractivity contribution in [2.45, 2.75) is 43.1 Å². The molecule has 1 aliphatic heterocycles. The molecule has 1 saturated heterocycles. The van der Waals surface area contributed by atoms with E-state index in [1.54, 1.807) is 23.9 Å². The minimum Gasteiger partial charge on any atom is -0.415 e. The number of likely N-dealkylation sites (tertiary alicyclic amines) is 1. The van der Waals surface area contributed by atoms with Crippen molar-refractivity contribution >= 4 is 40.6 Å². The third-order valence-corrected chi connectivity index (χ3v) is 9.10. The van der Waals surface area contributed by atoms with Crippen molar-refractivity contribution in [3.05, 3.63) is 102 Å². The fraction of sp³-hybridized carbons (Fsp3) is 0.300. The molecule has 3 aromatic carbocycles. The van der Waals surface area contributed by atoms with Gasteiger partial charge in [0.15, 0.2) is 0 Å². The second kappa shape index (κ2) is 12.6. The predicted molar refractivity (Wildman–Crippen MR) is 149 cm³/mol. The molecule has 4 rings (SSSR count). The van der Waals surface area contributed by atoms with E-state index in [1.165, 1.54) is 0 Å². The molecule has 2 unspecified atom stereocenters. The molecule has 0 N–H and O–H groups in total. The molecule has 2 amide bonds. The number of carbonyl (C=O) groups excluding carboxylic acids is 3. The average Bonchev–Trinajstić information content (AvgIpc) is 3.27. The van der Waals surface area contributed by atoms with Crippen LogP contribution in [-0.2, 0) is 16.1 Å². The van der Waals surface area contributed by atoms with Crippen LogP contribution in [-0.4, -0.2) is 45.2 Å². The molecule has 1 aliphatic rings. The van der Waals surface area contributed by atoms with Crippen molar-refractivity contribution < 1.29 is 23.6 Å². The summed E-state index contributed by atoms with van der Waals surface area (Å²) < 4.78 is 5.43. The lowest BCUT2D eigenvalue weighted by molar-refractivity contribution is -0.794. The third kappa shape index (κ3) is 6.53. The number of ether oxygens (including phenoxy) is 1. The van der Waals surface area contributed by atoms with Gasteiger partial charge in [0.05, 0.1) is 11.2 Å². The van der Waals surface area contributed by atoms with Gasteiger partial charge >= 0.3 is 12.0 Å². The quantitative estimate of drug-likeness (QED) is 0.295. The Labute approximate surface area is 227 Å². The van der Waals surface area contributed by atoms with Gasteiger partial charge in [-0.3, -0.25) is 4.79 Å². The van der Waals surface area contributed by atoms with Gasteiger partial charge in [0.2, 0.25) is 5.12 Å². The molecular weight excluding hydrogens is 502 g/mol. The number of quaternary nitrogens is 1. The average molecular weight is 535 g/mol. The fourth-order valence-electron chi connectivity index (χ4n) is 4.72. The van der Waals surface area contributed by atoms with Crippen LogP contribution in [0.4, 0.5) is 4.79 Å². The van der Waals surface area contributed by atoms with Crippen molar-refractivity contribution in [3.8, 4) is 0 Å². The summed E-state index contributed by atoms with van der Waals surface area (Å²) in [7, 11) is 0. The summed E-state index contributed by atoms with van der Waals surface area (Å²) in [4.78, 5) is 41.5. The zero-order valence-electron chi connectivity index (χ0n) is 21.1. The SMILES string of the molecule is CC1C[C@H](Sc2ccccc2)C[N+]1(C(=O)OCc1ccccc1)C(=O)[C@H](C)CSC(=O)c1ccccc1. The number of imide groups is 1. The number of thioether (sulfide) groups is 2. The van der Waals surface area contributed by atoms with Crippen LogP contribution in [0.1, 0.15) is 36.2 Å². The monoisotopic (exact) mass is 534 g/mol. The van der Waals surface area contributed by atoms with Crippen molar-refractivity contribution in [3.63, 3.8) is 0 Å². The first-order valence-corrected chi connectivity index (χ1v) is 14.3. The van der Waals surface area contributed by atoms with E-state index in [2.05, 4.69) is 0 Å². The standard InChI is InChI=1S/C30H32NO4S2/c1-22(21-36-29(33)25-14-8-4-9-15-25)28(32)31(30(34)35-20-24-12-6-3-7-13-24)19-27(18-23(31)2)37-26-16-10-5-11-17-26/h3-17,22-23,27H,18-21H2,1-2H3/q+1/t22-,23?,27+,31?/m1/s1. The lowest BCUT2D eigenvalue weighted by Crippen LogP contribution is -2.61. The number of hydrogen-bond acceptors (Lipinski definition) is 6. The van der Waals surface area contributed by atoms with Gasteiger partial charge in [0, 0.05) is 22.6 Å². The lowest BCUT2D eigenvalue weighted by atomic mass is 10.1. The molecule has 0 bridgehead atoms. The third-order valence-electron chi connectivity index (χ3n) is 6.71. The summed E-state index contributed by atoms with van der Waals surface area (Å²) in [6.07, 6.45) is 0.206. The van der Waals surface area contributed by atoms with Crippen molar-refractivity contribution in [1.82, 2.24) is 0 Å². The highest BCUT2D eigenvalue weighted by Crippen LogP contribution is 2.40. The van der Waals surface area contributed by atoms with Crippen molar-refractivity contribution in [2.24, 2.45) is 5.92 Å². The van der Waals surface area contributed by atoms with Gasteiger partial charge in [-0.05, 0) is 31.5 Å². The van der Waals surface area contributed by atoms with E-state index in [-0.39, 0.29) is 33.4 Å². The molecule has 4 atom stereocenters. The van der Waals surface area contributed by atoms with E-state index < -0.39 is 12.0 Å². The molecule has 37 heavy (non-hydrogen) atoms. The van der Waals surface area contributed by atoms with Crippen LogP contribution >= 0.6 is 23.5 Å². The Morgan fingerprint density at radius 1 is 0.919 bits per heavy atom. The lowest BCUT2D eigenvalue weighted by Gasteiger charge is -2.33. The first-order valence-electron chi connectivity index (χ1n) is 12.5. The second-order valence-corrected chi connectivity index (χ2v) is 11.8. The summed E-state index contributed by atoms with van der Waals surface area (Å²) in [6.45, 7) is 4.26. The molecule has 0 radical (unpaired) electrons. The Kier molecular flexibility index (Phi) is 9.24. The van der Waals surface area contributed by atoms with Gasteiger partial charge in [0.25, 0.3) is 0 Å². The maximum absolute atomic E-state index is 14.0. The molecular formula is C30H32NO4S2+. The number of hydrogen-bond donors (Lipinski definition) is 0. The zero-order chi connectivity index (χ0) is 26.3. The molecule has 3 aromatic rings. The maximum Gasteiger partial charge on any atom is 0.524 e. The van der Waals surface area contributed by atoms with E-state index in [4.69, 9.17) is 4.74 Å². The van der Waals surface area contributed by atoms with E-state index in [1.807, 2.05) is 92.7 Å². The molecule has 0 aromatic heterocycles. The van der Waals surface area contributed by atoms with Crippen LogP contribution in [0, 0.1) is 5.92 Å². The van der Waals surface area contributed by atoms with Crippen LogP contribution in [0.3, 0.4) is 0 Å². The van der Waals surface area contributed by atoms with Crippen LogP contribution in [0.2, 0.25) is 0 Å². The van der Waals surface area contributed by atoms with Crippen LogP contribution in [0.5, 0.6) is 0 Å². The molecule has 0 aliphatic carbocycles. The van der Waals surface area contributed by atoms with Gasteiger partial charge in [-0.15, -0.1) is 11.8 Å². The summed E-state index contributed by atoms with van der Waals surface area (Å²) in [6, 6.07) is 28.4. The Hall–Kier alpha value is -2.87. The number of nitrogens with zero attached hydrogens (tertiary/aromatic N) is 1. The number of amides is 2. The van der Waals surface area contributed by atoms with Crippen molar-refractivity contribution in [2.75, 3.05) is 12.3 Å². The van der Waals surface area contributed by atoms with Gasteiger partial charge in [-0.2, -0.15) is 9.28 Å². The first kappa shape index (κ1) is 27.2. The molecule has 7 heteroatoms. The van der Waals surface area contributed by atoms with E-state index in [0.717, 1.165) is 22.2 Å². The Balaban J connectivity index is 1.51. The summed E-state index contributed by atoms with van der Waals surface area (Å²) in [5, 5.41) is 0.0156. The smallest absolute Gasteiger partial charge is 0.415 e.